The largest absolute Gasteiger partial charge is 0.378 e. The van der Waals surface area contributed by atoms with Crippen molar-refractivity contribution in [3.8, 4) is 11.8 Å². The molecule has 1 fully saturated rings. The summed E-state index contributed by atoms with van der Waals surface area (Å²) in [7, 11) is 4.02. The van der Waals surface area contributed by atoms with Gasteiger partial charge in [-0.05, 0) is 37.1 Å². The summed E-state index contributed by atoms with van der Waals surface area (Å²) in [5.74, 6) is 6.41. The summed E-state index contributed by atoms with van der Waals surface area (Å²) < 4.78 is 0. The lowest BCUT2D eigenvalue weighted by molar-refractivity contribution is -0.122. The zero-order valence-corrected chi connectivity index (χ0v) is 10.9. The number of carbonyl (C=O) groups excluding carboxylic acids is 1. The molecule has 3 heteroatoms. The van der Waals surface area contributed by atoms with E-state index in [4.69, 9.17) is 0 Å². The van der Waals surface area contributed by atoms with E-state index in [1.807, 2.05) is 43.3 Å². The van der Waals surface area contributed by atoms with Gasteiger partial charge in [0, 0.05) is 31.3 Å². The van der Waals surface area contributed by atoms with E-state index in [1.54, 1.807) is 0 Å². The second kappa shape index (κ2) is 5.59. The summed E-state index contributed by atoms with van der Waals surface area (Å²) >= 11 is 0. The van der Waals surface area contributed by atoms with Gasteiger partial charge in [0.05, 0.1) is 6.54 Å². The molecule has 1 N–H and O–H groups in total. The van der Waals surface area contributed by atoms with Crippen molar-refractivity contribution in [1.29, 1.82) is 0 Å². The molecule has 1 aromatic carbocycles. The minimum Gasteiger partial charge on any atom is -0.378 e. The second-order valence-electron chi connectivity index (χ2n) is 4.74. The fourth-order valence-electron chi connectivity index (χ4n) is 1.61. The van der Waals surface area contributed by atoms with Gasteiger partial charge < -0.3 is 10.2 Å². The van der Waals surface area contributed by atoms with E-state index >= 15 is 0 Å². The summed E-state index contributed by atoms with van der Waals surface area (Å²) in [5.41, 5.74) is 2.13. The highest BCUT2D eigenvalue weighted by Gasteiger charge is 2.28. The molecule has 18 heavy (non-hydrogen) atoms. The molecule has 1 aromatic rings. The zero-order chi connectivity index (χ0) is 13.0. The topological polar surface area (TPSA) is 32.3 Å². The maximum Gasteiger partial charge on any atom is 0.223 e. The van der Waals surface area contributed by atoms with E-state index in [0.29, 0.717) is 6.54 Å². The molecule has 1 saturated carbocycles. The van der Waals surface area contributed by atoms with Gasteiger partial charge in [0.2, 0.25) is 5.91 Å². The number of benzene rings is 1. The van der Waals surface area contributed by atoms with Crippen molar-refractivity contribution >= 4 is 11.6 Å². The minimum atomic E-state index is 0.146. The lowest BCUT2D eigenvalue weighted by Gasteiger charge is -2.11. The maximum atomic E-state index is 11.4. The first kappa shape index (κ1) is 12.5. The van der Waals surface area contributed by atoms with Crippen molar-refractivity contribution in [2.75, 3.05) is 25.5 Å². The Kier molecular flexibility index (Phi) is 3.88. The average molecular weight is 242 g/mol. The van der Waals surface area contributed by atoms with Gasteiger partial charge in [0.15, 0.2) is 0 Å². The van der Waals surface area contributed by atoms with E-state index in [9.17, 15) is 4.79 Å². The summed E-state index contributed by atoms with van der Waals surface area (Å²) in [6.07, 6.45) is 2.07. The van der Waals surface area contributed by atoms with E-state index in [0.717, 1.165) is 24.1 Å². The fourth-order valence-corrected chi connectivity index (χ4v) is 1.61. The fraction of sp³-hybridized carbons (Fsp3) is 0.400. The number of hydrogen-bond donors (Lipinski definition) is 1. The predicted octanol–water partition coefficient (Wildman–Crippen LogP) is 1.63. The molecular formula is C15H18N2O. The Balaban J connectivity index is 1.83. The second-order valence-corrected chi connectivity index (χ2v) is 4.74. The predicted molar refractivity (Wildman–Crippen MR) is 73.4 cm³/mol. The highest BCUT2D eigenvalue weighted by atomic mass is 16.2. The Labute approximate surface area is 108 Å². The van der Waals surface area contributed by atoms with Gasteiger partial charge in [-0.1, -0.05) is 11.8 Å². The van der Waals surface area contributed by atoms with Crippen LogP contribution in [-0.2, 0) is 4.79 Å². The van der Waals surface area contributed by atoms with Crippen LogP contribution in [0.25, 0.3) is 0 Å². The molecule has 0 radical (unpaired) electrons. The lowest BCUT2D eigenvalue weighted by atomic mass is 10.2. The number of carbonyl (C=O) groups is 1. The van der Waals surface area contributed by atoms with E-state index < -0.39 is 0 Å². The summed E-state index contributed by atoms with van der Waals surface area (Å²) in [6, 6.07) is 8.05. The molecule has 1 aliphatic rings. The van der Waals surface area contributed by atoms with Crippen LogP contribution in [0.2, 0.25) is 0 Å². The molecule has 94 valence electrons. The summed E-state index contributed by atoms with van der Waals surface area (Å²) in [4.78, 5) is 13.4. The van der Waals surface area contributed by atoms with Gasteiger partial charge in [-0.2, -0.15) is 0 Å². The van der Waals surface area contributed by atoms with Gasteiger partial charge in [-0.15, -0.1) is 0 Å². The SMILES string of the molecule is CN(C)c1ccc(C#CCNC(=O)C2CC2)cc1. The third-order valence-electron chi connectivity index (χ3n) is 2.92. The Morgan fingerprint density at radius 3 is 2.56 bits per heavy atom. The molecule has 0 bridgehead atoms. The normalized spacial score (nSPS) is 13.4. The van der Waals surface area contributed by atoms with Crippen molar-refractivity contribution in [3.05, 3.63) is 29.8 Å². The van der Waals surface area contributed by atoms with E-state index in [-0.39, 0.29) is 11.8 Å². The first-order valence-electron chi connectivity index (χ1n) is 6.21. The van der Waals surface area contributed by atoms with Gasteiger partial charge in [0.1, 0.15) is 0 Å². The molecule has 0 aromatic heterocycles. The summed E-state index contributed by atoms with van der Waals surface area (Å²) in [5, 5.41) is 2.82. The van der Waals surface area contributed by atoms with Gasteiger partial charge >= 0.3 is 0 Å². The molecule has 0 unspecified atom stereocenters. The van der Waals surface area contributed by atoms with Crippen molar-refractivity contribution in [3.63, 3.8) is 0 Å². The van der Waals surface area contributed by atoms with Crippen molar-refractivity contribution < 1.29 is 4.79 Å². The number of nitrogens with zero attached hydrogens (tertiary/aromatic N) is 1. The smallest absolute Gasteiger partial charge is 0.223 e. The van der Waals surface area contributed by atoms with Crippen LogP contribution in [-0.4, -0.2) is 26.5 Å². The lowest BCUT2D eigenvalue weighted by Crippen LogP contribution is -2.24. The van der Waals surface area contributed by atoms with Crippen LogP contribution >= 0.6 is 0 Å². The van der Waals surface area contributed by atoms with Crippen molar-refractivity contribution in [1.82, 2.24) is 5.32 Å². The van der Waals surface area contributed by atoms with Crippen LogP contribution in [0.5, 0.6) is 0 Å². The Morgan fingerprint density at radius 2 is 2.00 bits per heavy atom. The monoisotopic (exact) mass is 242 g/mol. The Bertz CT molecular complexity index is 475. The van der Waals surface area contributed by atoms with E-state index in [1.165, 1.54) is 0 Å². The first-order valence-corrected chi connectivity index (χ1v) is 6.21. The standard InChI is InChI=1S/C15H18N2O/c1-17(2)14-9-5-12(6-10-14)4-3-11-16-15(18)13-7-8-13/h5-6,9-10,13H,7-8,11H2,1-2H3,(H,16,18). The zero-order valence-electron chi connectivity index (χ0n) is 10.9. The molecule has 3 nitrogen and oxygen atoms in total. The Hall–Kier alpha value is -1.95. The minimum absolute atomic E-state index is 0.146. The van der Waals surface area contributed by atoms with Gasteiger partial charge in [0.25, 0.3) is 0 Å². The molecule has 0 heterocycles. The third-order valence-corrected chi connectivity index (χ3v) is 2.92. The van der Waals surface area contributed by atoms with Crippen LogP contribution in [0.4, 0.5) is 5.69 Å². The van der Waals surface area contributed by atoms with Crippen molar-refractivity contribution in [2.45, 2.75) is 12.8 Å². The van der Waals surface area contributed by atoms with E-state index in [2.05, 4.69) is 17.2 Å². The average Bonchev–Trinajstić information content (AvgIpc) is 3.19. The third kappa shape index (κ3) is 3.53. The highest BCUT2D eigenvalue weighted by molar-refractivity contribution is 5.81. The number of anilines is 1. The van der Waals surface area contributed by atoms with Crippen LogP contribution in [0.15, 0.2) is 24.3 Å². The first-order chi connectivity index (χ1) is 8.66. The maximum absolute atomic E-state index is 11.4. The van der Waals surface area contributed by atoms with Gasteiger partial charge in [-0.25, -0.2) is 0 Å². The number of amides is 1. The molecule has 1 amide bonds. The van der Waals surface area contributed by atoms with Crippen LogP contribution in [0.3, 0.4) is 0 Å². The quantitative estimate of drug-likeness (QED) is 0.817. The molecule has 0 spiro atoms. The van der Waals surface area contributed by atoms with Crippen LogP contribution in [0.1, 0.15) is 18.4 Å². The molecule has 2 rings (SSSR count). The molecule has 0 aliphatic heterocycles. The molecule has 1 aliphatic carbocycles. The molecule has 0 atom stereocenters. The van der Waals surface area contributed by atoms with Crippen molar-refractivity contribution in [2.24, 2.45) is 5.92 Å². The Morgan fingerprint density at radius 1 is 1.33 bits per heavy atom. The molecular weight excluding hydrogens is 224 g/mol. The van der Waals surface area contributed by atoms with Crippen LogP contribution in [0, 0.1) is 17.8 Å². The van der Waals surface area contributed by atoms with Crippen LogP contribution < -0.4 is 10.2 Å². The number of hydrogen-bond acceptors (Lipinski definition) is 2. The number of nitrogens with one attached hydrogen (secondary N) is 1. The summed E-state index contributed by atoms with van der Waals surface area (Å²) in [6.45, 7) is 0.435. The highest BCUT2D eigenvalue weighted by Crippen LogP contribution is 2.28. The molecule has 0 saturated heterocycles. The number of rotatable bonds is 3. The van der Waals surface area contributed by atoms with Gasteiger partial charge in [-0.3, -0.25) is 4.79 Å².